The molecule has 7 heteroatoms. The smallest absolute Gasteiger partial charge is 0.308 e. The lowest BCUT2D eigenvalue weighted by Gasteiger charge is -2.27. The Kier molecular flexibility index (Phi) is 9.72. The minimum atomic E-state index is -0.462. The Morgan fingerprint density at radius 3 is 2.64 bits per heavy atom. The number of anilines is 1. The van der Waals surface area contributed by atoms with Gasteiger partial charge in [-0.2, -0.15) is 0 Å². The molecule has 0 saturated heterocycles. The lowest BCUT2D eigenvalue weighted by Crippen LogP contribution is -2.24. The van der Waals surface area contributed by atoms with Gasteiger partial charge in [-0.3, -0.25) is 14.9 Å². The van der Waals surface area contributed by atoms with Gasteiger partial charge in [0.2, 0.25) is 0 Å². The third-order valence-corrected chi connectivity index (χ3v) is 5.48. The highest BCUT2D eigenvalue weighted by atomic mass is 16.6. The van der Waals surface area contributed by atoms with Crippen molar-refractivity contribution in [2.45, 2.75) is 71.1 Å². The molecule has 7 nitrogen and oxygen atoms in total. The number of aromatic nitrogens is 1. The Morgan fingerprint density at radius 1 is 1.21 bits per heavy atom. The summed E-state index contributed by atoms with van der Waals surface area (Å²) in [5.74, 6) is 1.53. The Bertz CT molecular complexity index is 598. The van der Waals surface area contributed by atoms with Gasteiger partial charge < -0.3 is 10.1 Å². The molecule has 0 bridgehead atoms. The fourth-order valence-electron chi connectivity index (χ4n) is 3.69. The first kappa shape index (κ1) is 22.1. The summed E-state index contributed by atoms with van der Waals surface area (Å²) in [6.45, 7) is 3.45. The Morgan fingerprint density at radius 2 is 2.00 bits per heavy atom. The molecule has 0 aromatic carbocycles. The van der Waals surface area contributed by atoms with Crippen molar-refractivity contribution in [1.82, 2.24) is 4.98 Å². The first-order valence-electron chi connectivity index (χ1n) is 10.6. The highest BCUT2D eigenvalue weighted by Crippen LogP contribution is 2.32. The van der Waals surface area contributed by atoms with Gasteiger partial charge in [-0.15, -0.1) is 0 Å². The number of pyridine rings is 1. The largest absolute Gasteiger partial charge is 0.465 e. The van der Waals surface area contributed by atoms with Crippen LogP contribution in [0.2, 0.25) is 0 Å². The first-order chi connectivity index (χ1) is 13.6. The standard InChI is InChI=1S/C21H33N3O4/c1-2-3-7-17-8-10-18(11-9-17)21(25)28-15-6-4-5-14-22-20-13-12-19(16-23-20)24(26)27/h12-13,16-18H,2-11,14-15H2,1H3,(H,22,23). The van der Waals surface area contributed by atoms with Crippen LogP contribution < -0.4 is 5.32 Å². The van der Waals surface area contributed by atoms with E-state index in [1.165, 1.54) is 44.4 Å². The number of esters is 1. The molecule has 0 spiro atoms. The van der Waals surface area contributed by atoms with E-state index in [1.54, 1.807) is 6.07 Å². The molecule has 1 aromatic heterocycles. The average molecular weight is 392 g/mol. The van der Waals surface area contributed by atoms with Crippen molar-refractivity contribution in [2.75, 3.05) is 18.5 Å². The van der Waals surface area contributed by atoms with E-state index < -0.39 is 4.92 Å². The third-order valence-electron chi connectivity index (χ3n) is 5.48. The highest BCUT2D eigenvalue weighted by Gasteiger charge is 2.26. The van der Waals surface area contributed by atoms with Gasteiger partial charge in [0.1, 0.15) is 12.0 Å². The van der Waals surface area contributed by atoms with Gasteiger partial charge in [-0.05, 0) is 56.9 Å². The fourth-order valence-corrected chi connectivity index (χ4v) is 3.69. The second kappa shape index (κ2) is 12.3. The summed E-state index contributed by atoms with van der Waals surface area (Å²) < 4.78 is 5.46. The number of ether oxygens (including phenoxy) is 1. The summed E-state index contributed by atoms with van der Waals surface area (Å²) in [7, 11) is 0. The van der Waals surface area contributed by atoms with Gasteiger partial charge in [0.15, 0.2) is 0 Å². The SMILES string of the molecule is CCCCC1CCC(C(=O)OCCCCCNc2ccc([N+](=O)[O-])cn2)CC1. The van der Waals surface area contributed by atoms with E-state index in [9.17, 15) is 14.9 Å². The summed E-state index contributed by atoms with van der Waals surface area (Å²) in [6.07, 6.45) is 12.2. The molecule has 0 aliphatic heterocycles. The summed E-state index contributed by atoms with van der Waals surface area (Å²) in [5, 5.41) is 13.7. The molecule has 1 aliphatic rings. The maximum Gasteiger partial charge on any atom is 0.308 e. The third kappa shape index (κ3) is 7.82. The van der Waals surface area contributed by atoms with Crippen LogP contribution in [-0.2, 0) is 9.53 Å². The molecule has 0 amide bonds. The van der Waals surface area contributed by atoms with E-state index in [4.69, 9.17) is 4.74 Å². The number of nitro groups is 1. The normalized spacial score (nSPS) is 19.2. The van der Waals surface area contributed by atoms with Crippen molar-refractivity contribution in [1.29, 1.82) is 0 Å². The van der Waals surface area contributed by atoms with Crippen molar-refractivity contribution < 1.29 is 14.5 Å². The van der Waals surface area contributed by atoms with E-state index in [-0.39, 0.29) is 17.6 Å². The number of carbonyl (C=O) groups is 1. The molecule has 0 radical (unpaired) electrons. The Hall–Kier alpha value is -2.18. The molecule has 1 fully saturated rings. The zero-order valence-corrected chi connectivity index (χ0v) is 16.9. The molecule has 1 heterocycles. The summed E-state index contributed by atoms with van der Waals surface area (Å²) >= 11 is 0. The quantitative estimate of drug-likeness (QED) is 0.230. The van der Waals surface area contributed by atoms with Crippen LogP contribution in [-0.4, -0.2) is 29.0 Å². The lowest BCUT2D eigenvalue weighted by atomic mass is 9.80. The molecule has 1 N–H and O–H groups in total. The van der Waals surface area contributed by atoms with Crippen LogP contribution in [0.25, 0.3) is 0 Å². The van der Waals surface area contributed by atoms with Crippen LogP contribution in [0.15, 0.2) is 18.3 Å². The van der Waals surface area contributed by atoms with Gasteiger partial charge in [-0.25, -0.2) is 4.98 Å². The predicted octanol–water partition coefficient (Wildman–Crippen LogP) is 5.11. The molecule has 0 unspecified atom stereocenters. The zero-order chi connectivity index (χ0) is 20.2. The van der Waals surface area contributed by atoms with E-state index >= 15 is 0 Å². The molecule has 1 aromatic rings. The monoisotopic (exact) mass is 391 g/mol. The van der Waals surface area contributed by atoms with Crippen molar-refractivity contribution in [3.63, 3.8) is 0 Å². The molecule has 0 atom stereocenters. The van der Waals surface area contributed by atoms with Crippen molar-refractivity contribution >= 4 is 17.5 Å². The van der Waals surface area contributed by atoms with E-state index in [2.05, 4.69) is 17.2 Å². The van der Waals surface area contributed by atoms with Crippen molar-refractivity contribution in [3.8, 4) is 0 Å². The second-order valence-corrected chi connectivity index (χ2v) is 7.67. The molecule has 2 rings (SSSR count). The number of unbranched alkanes of at least 4 members (excludes halogenated alkanes) is 3. The van der Waals surface area contributed by atoms with Gasteiger partial charge >= 0.3 is 5.97 Å². The lowest BCUT2D eigenvalue weighted by molar-refractivity contribution is -0.385. The summed E-state index contributed by atoms with van der Waals surface area (Å²) in [4.78, 5) is 26.3. The van der Waals surface area contributed by atoms with Crippen LogP contribution >= 0.6 is 0 Å². The van der Waals surface area contributed by atoms with Crippen LogP contribution in [0.3, 0.4) is 0 Å². The predicted molar refractivity (Wildman–Crippen MR) is 109 cm³/mol. The van der Waals surface area contributed by atoms with Gasteiger partial charge in [0, 0.05) is 12.6 Å². The molecular weight excluding hydrogens is 358 g/mol. The molecule has 28 heavy (non-hydrogen) atoms. The van der Waals surface area contributed by atoms with Gasteiger partial charge in [-0.1, -0.05) is 26.2 Å². The average Bonchev–Trinajstić information content (AvgIpc) is 2.72. The Balaban J connectivity index is 1.49. The van der Waals surface area contributed by atoms with Crippen molar-refractivity contribution in [2.24, 2.45) is 11.8 Å². The van der Waals surface area contributed by atoms with Crippen molar-refractivity contribution in [3.05, 3.63) is 28.4 Å². The maximum absolute atomic E-state index is 12.2. The molecular formula is C21H33N3O4. The zero-order valence-electron chi connectivity index (χ0n) is 16.9. The number of nitrogens with zero attached hydrogens (tertiary/aromatic N) is 2. The topological polar surface area (TPSA) is 94.4 Å². The number of hydrogen-bond acceptors (Lipinski definition) is 6. The molecule has 1 aliphatic carbocycles. The van der Waals surface area contributed by atoms with E-state index in [0.717, 1.165) is 44.6 Å². The molecule has 156 valence electrons. The fraction of sp³-hybridized carbons (Fsp3) is 0.714. The number of nitrogens with one attached hydrogen (secondary N) is 1. The first-order valence-corrected chi connectivity index (χ1v) is 10.6. The minimum Gasteiger partial charge on any atom is -0.465 e. The summed E-state index contributed by atoms with van der Waals surface area (Å²) in [5.41, 5.74) is -0.0122. The second-order valence-electron chi connectivity index (χ2n) is 7.67. The van der Waals surface area contributed by atoms with Gasteiger partial charge in [0.05, 0.1) is 17.4 Å². The van der Waals surface area contributed by atoms with E-state index in [1.807, 2.05) is 0 Å². The van der Waals surface area contributed by atoms with Gasteiger partial charge in [0.25, 0.3) is 5.69 Å². The van der Waals surface area contributed by atoms with Crippen LogP contribution in [0.4, 0.5) is 11.5 Å². The number of hydrogen-bond donors (Lipinski definition) is 1. The summed E-state index contributed by atoms with van der Waals surface area (Å²) in [6, 6.07) is 3.04. The minimum absolute atomic E-state index is 0.0119. The number of carbonyl (C=O) groups excluding carboxylic acids is 1. The maximum atomic E-state index is 12.2. The van der Waals surface area contributed by atoms with Crippen LogP contribution in [0.1, 0.15) is 71.1 Å². The van der Waals surface area contributed by atoms with Crippen LogP contribution in [0.5, 0.6) is 0 Å². The van der Waals surface area contributed by atoms with E-state index in [0.29, 0.717) is 12.4 Å². The Labute approximate surface area is 167 Å². The van der Waals surface area contributed by atoms with Crippen LogP contribution in [0, 0.1) is 22.0 Å². The molecule has 1 saturated carbocycles. The number of rotatable bonds is 12. The highest BCUT2D eigenvalue weighted by molar-refractivity contribution is 5.72.